The van der Waals surface area contributed by atoms with Crippen LogP contribution in [0.4, 0.5) is 5.69 Å². The maximum absolute atomic E-state index is 13.0. The lowest BCUT2D eigenvalue weighted by Crippen LogP contribution is -2.44. The second-order valence-electron chi connectivity index (χ2n) is 6.22. The van der Waals surface area contributed by atoms with Gasteiger partial charge in [-0.3, -0.25) is 14.5 Å². The highest BCUT2D eigenvalue weighted by Crippen LogP contribution is 2.35. The van der Waals surface area contributed by atoms with Crippen molar-refractivity contribution in [2.24, 2.45) is 0 Å². The van der Waals surface area contributed by atoms with E-state index in [0.717, 1.165) is 5.56 Å². The molecular weight excluding hydrogens is 380 g/mol. The Morgan fingerprint density at radius 2 is 2.07 bits per heavy atom. The summed E-state index contributed by atoms with van der Waals surface area (Å²) in [4.78, 5) is 26.7. The van der Waals surface area contributed by atoms with E-state index in [1.807, 2.05) is 12.1 Å². The molecule has 28 heavy (non-hydrogen) atoms. The number of carbonyl (C=O) groups excluding carboxylic acids is 2. The van der Waals surface area contributed by atoms with Gasteiger partial charge in [-0.1, -0.05) is 35.9 Å². The molecule has 0 saturated carbocycles. The molecule has 7 heteroatoms. The van der Waals surface area contributed by atoms with Crippen molar-refractivity contribution in [3.8, 4) is 5.75 Å². The highest BCUT2D eigenvalue weighted by molar-refractivity contribution is 6.30. The third-order valence-corrected chi connectivity index (χ3v) is 4.36. The Labute approximate surface area is 168 Å². The molecule has 1 N–H and O–H groups in total. The molecule has 0 aliphatic carbocycles. The number of rotatable bonds is 7. The Kier molecular flexibility index (Phi) is 6.68. The molecule has 1 aliphatic heterocycles. The Balaban J connectivity index is 1.82. The molecular formula is C21H21ClN2O4. The Morgan fingerprint density at radius 3 is 2.86 bits per heavy atom. The lowest BCUT2D eigenvalue weighted by Gasteiger charge is -2.30. The second kappa shape index (κ2) is 9.39. The summed E-state index contributed by atoms with van der Waals surface area (Å²) in [6.07, 6.45) is 2.32. The Morgan fingerprint density at radius 1 is 1.25 bits per heavy atom. The number of nitrogens with zero attached hydrogens (tertiary/aromatic N) is 1. The van der Waals surface area contributed by atoms with Crippen molar-refractivity contribution in [2.75, 3.05) is 31.7 Å². The van der Waals surface area contributed by atoms with E-state index in [0.29, 0.717) is 36.0 Å². The van der Waals surface area contributed by atoms with Gasteiger partial charge in [0.25, 0.3) is 5.91 Å². The molecule has 0 spiro atoms. The number of hydrogen-bond acceptors (Lipinski definition) is 4. The van der Waals surface area contributed by atoms with Crippen LogP contribution < -0.4 is 15.0 Å². The van der Waals surface area contributed by atoms with Crippen molar-refractivity contribution >= 4 is 35.2 Å². The average Bonchev–Trinajstić information content (AvgIpc) is 2.68. The molecule has 2 aromatic carbocycles. The fourth-order valence-electron chi connectivity index (χ4n) is 2.81. The molecule has 6 nitrogen and oxygen atoms in total. The largest absolute Gasteiger partial charge is 0.449 e. The summed E-state index contributed by atoms with van der Waals surface area (Å²) in [6, 6.07) is 14.2. The smallest absolute Gasteiger partial charge is 0.294 e. The first-order valence-electron chi connectivity index (χ1n) is 8.90. The van der Waals surface area contributed by atoms with E-state index in [1.54, 1.807) is 49.6 Å². The van der Waals surface area contributed by atoms with E-state index in [1.165, 1.54) is 4.90 Å². The number of para-hydroxylation sites is 2. The van der Waals surface area contributed by atoms with Gasteiger partial charge in [-0.15, -0.1) is 0 Å². The highest BCUT2D eigenvalue weighted by atomic mass is 35.5. The molecule has 0 radical (unpaired) electrons. The van der Waals surface area contributed by atoms with Gasteiger partial charge < -0.3 is 14.8 Å². The Bertz CT molecular complexity index is 897. The van der Waals surface area contributed by atoms with Gasteiger partial charge in [0.1, 0.15) is 6.54 Å². The van der Waals surface area contributed by atoms with Gasteiger partial charge in [-0.05, 0) is 42.3 Å². The van der Waals surface area contributed by atoms with Crippen LogP contribution in [0.15, 0.2) is 54.3 Å². The van der Waals surface area contributed by atoms with Gasteiger partial charge in [0, 0.05) is 25.3 Å². The number of methoxy groups -OCH3 is 1. The van der Waals surface area contributed by atoms with Crippen LogP contribution in [0.3, 0.4) is 0 Å². The molecule has 3 rings (SSSR count). The van der Waals surface area contributed by atoms with E-state index >= 15 is 0 Å². The number of hydrogen-bond donors (Lipinski definition) is 1. The van der Waals surface area contributed by atoms with E-state index in [2.05, 4.69) is 5.32 Å². The number of amides is 2. The van der Waals surface area contributed by atoms with Gasteiger partial charge in [0.15, 0.2) is 11.5 Å². The lowest BCUT2D eigenvalue weighted by molar-refractivity contribution is -0.123. The summed E-state index contributed by atoms with van der Waals surface area (Å²) < 4.78 is 10.8. The van der Waals surface area contributed by atoms with Gasteiger partial charge >= 0.3 is 0 Å². The van der Waals surface area contributed by atoms with Crippen LogP contribution in [-0.2, 0) is 14.3 Å². The number of fused-ring (bicyclic) bond motifs is 1. The zero-order valence-electron chi connectivity index (χ0n) is 15.5. The number of halogens is 1. The van der Waals surface area contributed by atoms with Crippen LogP contribution in [0.25, 0.3) is 6.08 Å². The molecule has 0 unspecified atom stereocenters. The predicted molar refractivity (Wildman–Crippen MR) is 108 cm³/mol. The zero-order valence-corrected chi connectivity index (χ0v) is 16.2. The maximum atomic E-state index is 13.0. The van der Waals surface area contributed by atoms with E-state index in [-0.39, 0.29) is 24.1 Å². The summed E-state index contributed by atoms with van der Waals surface area (Å²) >= 11 is 6.02. The van der Waals surface area contributed by atoms with Crippen LogP contribution >= 0.6 is 11.6 Å². The lowest BCUT2D eigenvalue weighted by atomic mass is 10.1. The minimum atomic E-state index is -0.384. The fourth-order valence-corrected chi connectivity index (χ4v) is 3.01. The van der Waals surface area contributed by atoms with Crippen molar-refractivity contribution in [1.29, 1.82) is 0 Å². The van der Waals surface area contributed by atoms with Crippen molar-refractivity contribution < 1.29 is 19.1 Å². The van der Waals surface area contributed by atoms with E-state index < -0.39 is 0 Å². The fraction of sp³-hybridized carbons (Fsp3) is 0.238. The molecule has 0 saturated heterocycles. The number of benzene rings is 2. The SMILES string of the molecule is COCCCNC(=O)CN1C(=O)/C(=C\c2cccc(Cl)c2)Oc2ccccc21. The summed E-state index contributed by atoms with van der Waals surface area (Å²) in [5, 5.41) is 3.36. The normalized spacial score (nSPS) is 14.6. The molecule has 0 aromatic heterocycles. The molecule has 146 valence electrons. The number of nitrogens with one attached hydrogen (secondary N) is 1. The van der Waals surface area contributed by atoms with Gasteiger partial charge in [-0.2, -0.15) is 0 Å². The predicted octanol–water partition coefficient (Wildman–Crippen LogP) is 3.26. The standard InChI is InChI=1S/C21H21ClN2O4/c1-27-11-5-10-23-20(25)14-24-17-8-2-3-9-18(17)28-19(21(24)26)13-15-6-4-7-16(22)12-15/h2-4,6-9,12-13H,5,10-11,14H2,1H3,(H,23,25)/b19-13+. The van der Waals surface area contributed by atoms with Crippen LogP contribution in [0.5, 0.6) is 5.75 Å². The molecule has 2 aromatic rings. The number of carbonyl (C=O) groups is 2. The molecule has 0 atom stereocenters. The third-order valence-electron chi connectivity index (χ3n) is 4.13. The van der Waals surface area contributed by atoms with Crippen molar-refractivity contribution in [2.45, 2.75) is 6.42 Å². The summed E-state index contributed by atoms with van der Waals surface area (Å²) in [7, 11) is 1.61. The van der Waals surface area contributed by atoms with Crippen LogP contribution in [0, 0.1) is 0 Å². The molecule has 0 bridgehead atoms. The summed E-state index contributed by atoms with van der Waals surface area (Å²) in [5.41, 5.74) is 1.29. The van der Waals surface area contributed by atoms with Crippen molar-refractivity contribution in [3.63, 3.8) is 0 Å². The van der Waals surface area contributed by atoms with Crippen molar-refractivity contribution in [1.82, 2.24) is 5.32 Å². The first kappa shape index (κ1) is 19.9. The quantitative estimate of drug-likeness (QED) is 0.572. The van der Waals surface area contributed by atoms with Crippen LogP contribution in [-0.4, -0.2) is 38.6 Å². The summed E-state index contributed by atoms with van der Waals surface area (Å²) in [5.74, 6) is 0.0182. The van der Waals surface area contributed by atoms with Gasteiger partial charge in [-0.25, -0.2) is 0 Å². The molecule has 0 fully saturated rings. The summed E-state index contributed by atoms with van der Waals surface area (Å²) in [6.45, 7) is 0.948. The topological polar surface area (TPSA) is 67.9 Å². The van der Waals surface area contributed by atoms with Crippen LogP contribution in [0.2, 0.25) is 5.02 Å². The molecule has 2 amide bonds. The second-order valence-corrected chi connectivity index (χ2v) is 6.66. The van der Waals surface area contributed by atoms with E-state index in [4.69, 9.17) is 21.1 Å². The molecule has 1 heterocycles. The first-order chi connectivity index (χ1) is 13.6. The average molecular weight is 401 g/mol. The number of ether oxygens (including phenoxy) is 2. The molecule has 1 aliphatic rings. The maximum Gasteiger partial charge on any atom is 0.294 e. The minimum absolute atomic E-state index is 0.0981. The van der Waals surface area contributed by atoms with Gasteiger partial charge in [0.05, 0.1) is 5.69 Å². The van der Waals surface area contributed by atoms with Crippen molar-refractivity contribution in [3.05, 3.63) is 64.9 Å². The monoisotopic (exact) mass is 400 g/mol. The number of anilines is 1. The van der Waals surface area contributed by atoms with Gasteiger partial charge in [0.2, 0.25) is 5.91 Å². The third kappa shape index (κ3) is 4.91. The Hall–Kier alpha value is -2.83. The first-order valence-corrected chi connectivity index (χ1v) is 9.28. The minimum Gasteiger partial charge on any atom is -0.449 e. The van der Waals surface area contributed by atoms with Crippen LogP contribution in [0.1, 0.15) is 12.0 Å². The highest BCUT2D eigenvalue weighted by Gasteiger charge is 2.31. The van der Waals surface area contributed by atoms with E-state index in [9.17, 15) is 9.59 Å². The zero-order chi connectivity index (χ0) is 19.9.